The van der Waals surface area contributed by atoms with Gasteiger partial charge in [0.1, 0.15) is 0 Å². The van der Waals surface area contributed by atoms with E-state index in [4.69, 9.17) is 15.3 Å². The van der Waals surface area contributed by atoms with Gasteiger partial charge in [-0.25, -0.2) is 5.43 Å². The van der Waals surface area contributed by atoms with Gasteiger partial charge in [-0.15, -0.1) is 0 Å². The lowest BCUT2D eigenvalue weighted by molar-refractivity contribution is -0.0392. The number of nitrogens with one attached hydrogen (secondary N) is 1. The van der Waals surface area contributed by atoms with Crippen molar-refractivity contribution in [1.82, 2.24) is 15.2 Å². The summed E-state index contributed by atoms with van der Waals surface area (Å²) >= 11 is 0. The first kappa shape index (κ1) is 14.5. The van der Waals surface area contributed by atoms with Gasteiger partial charge >= 0.3 is 0 Å². The number of hydrazine groups is 1. The van der Waals surface area contributed by atoms with Crippen molar-refractivity contribution in [2.45, 2.75) is 43.9 Å². The molecule has 1 aromatic rings. The average molecular weight is 268 g/mol. The zero-order valence-electron chi connectivity index (χ0n) is 11.8. The number of rotatable bonds is 7. The maximum absolute atomic E-state index is 5.82. The summed E-state index contributed by atoms with van der Waals surface area (Å²) in [7, 11) is 3.46. The summed E-state index contributed by atoms with van der Waals surface area (Å²) in [6.45, 7) is 1.35. The first-order chi connectivity index (χ1) is 9.27. The first-order valence-corrected chi connectivity index (χ1v) is 6.79. The van der Waals surface area contributed by atoms with Crippen LogP contribution in [0.4, 0.5) is 0 Å². The number of methoxy groups -OCH3 is 2. The monoisotopic (exact) mass is 268 g/mol. The zero-order valence-corrected chi connectivity index (χ0v) is 11.8. The van der Waals surface area contributed by atoms with Crippen LogP contribution >= 0.6 is 0 Å². The molecule has 1 saturated carbocycles. The molecule has 0 aromatic carbocycles. The van der Waals surface area contributed by atoms with E-state index in [2.05, 4.69) is 10.5 Å². The molecule has 3 N–H and O–H groups in total. The van der Waals surface area contributed by atoms with Gasteiger partial charge in [0, 0.05) is 20.4 Å². The molecule has 2 rings (SSSR count). The molecule has 0 bridgehead atoms. The molecule has 19 heavy (non-hydrogen) atoms. The number of nitrogens with zero attached hydrogens (tertiary/aromatic N) is 2. The molecule has 0 aliphatic heterocycles. The Morgan fingerprint density at radius 1 is 1.47 bits per heavy atom. The molecule has 0 saturated heterocycles. The number of aromatic nitrogens is 2. The van der Waals surface area contributed by atoms with Crippen molar-refractivity contribution >= 4 is 0 Å². The van der Waals surface area contributed by atoms with Gasteiger partial charge in [-0.05, 0) is 18.9 Å². The third-order valence-electron chi connectivity index (χ3n) is 4.10. The van der Waals surface area contributed by atoms with Crippen LogP contribution in [0.25, 0.3) is 0 Å². The predicted molar refractivity (Wildman–Crippen MR) is 72.4 cm³/mol. The van der Waals surface area contributed by atoms with Crippen LogP contribution in [-0.4, -0.2) is 36.2 Å². The SMILES string of the molecule is COCCn1nccc1C(NN)C1(OC)CCCC1. The lowest BCUT2D eigenvalue weighted by atomic mass is 9.90. The second-order valence-corrected chi connectivity index (χ2v) is 5.05. The molecular weight excluding hydrogens is 244 g/mol. The van der Waals surface area contributed by atoms with E-state index in [1.165, 1.54) is 12.8 Å². The summed E-state index contributed by atoms with van der Waals surface area (Å²) in [4.78, 5) is 0. The van der Waals surface area contributed by atoms with Crippen LogP contribution in [0.5, 0.6) is 0 Å². The predicted octanol–water partition coefficient (Wildman–Crippen LogP) is 0.993. The Morgan fingerprint density at radius 2 is 2.21 bits per heavy atom. The number of nitrogens with two attached hydrogens (primary N) is 1. The minimum Gasteiger partial charge on any atom is -0.383 e. The van der Waals surface area contributed by atoms with Crippen LogP contribution in [0.15, 0.2) is 12.3 Å². The Balaban J connectivity index is 2.23. The van der Waals surface area contributed by atoms with Gasteiger partial charge in [-0.2, -0.15) is 5.10 Å². The van der Waals surface area contributed by atoms with Crippen molar-refractivity contribution < 1.29 is 9.47 Å². The standard InChI is InChI=1S/C13H24N4O2/c1-18-10-9-17-11(5-8-15-17)12(16-14)13(19-2)6-3-4-7-13/h5,8,12,16H,3-4,6-7,9-10,14H2,1-2H3. The molecule has 1 unspecified atom stereocenters. The van der Waals surface area contributed by atoms with Gasteiger partial charge in [-0.3, -0.25) is 10.5 Å². The molecule has 1 heterocycles. The summed E-state index contributed by atoms with van der Waals surface area (Å²) in [6, 6.07) is 1.96. The van der Waals surface area contributed by atoms with E-state index in [1.54, 1.807) is 20.4 Å². The summed E-state index contributed by atoms with van der Waals surface area (Å²) in [5, 5.41) is 4.34. The summed E-state index contributed by atoms with van der Waals surface area (Å²) in [5.74, 6) is 5.80. The molecule has 1 atom stereocenters. The van der Waals surface area contributed by atoms with Crippen molar-refractivity contribution in [2.75, 3.05) is 20.8 Å². The van der Waals surface area contributed by atoms with Crippen LogP contribution < -0.4 is 11.3 Å². The van der Waals surface area contributed by atoms with Gasteiger partial charge in [0.05, 0.1) is 30.5 Å². The topological polar surface area (TPSA) is 74.3 Å². The number of hydrogen-bond donors (Lipinski definition) is 2. The van der Waals surface area contributed by atoms with Crippen molar-refractivity contribution in [3.05, 3.63) is 18.0 Å². The number of ether oxygens (including phenoxy) is 2. The molecule has 0 radical (unpaired) electrons. The van der Waals surface area contributed by atoms with Crippen LogP contribution in [-0.2, 0) is 16.0 Å². The smallest absolute Gasteiger partial charge is 0.0918 e. The van der Waals surface area contributed by atoms with Crippen molar-refractivity contribution in [3.63, 3.8) is 0 Å². The molecule has 108 valence electrons. The maximum atomic E-state index is 5.82. The fraction of sp³-hybridized carbons (Fsp3) is 0.769. The van der Waals surface area contributed by atoms with Gasteiger partial charge in [0.15, 0.2) is 0 Å². The van der Waals surface area contributed by atoms with Gasteiger partial charge < -0.3 is 9.47 Å². The van der Waals surface area contributed by atoms with E-state index >= 15 is 0 Å². The van der Waals surface area contributed by atoms with E-state index in [0.29, 0.717) is 6.61 Å². The quantitative estimate of drug-likeness (QED) is 0.570. The van der Waals surface area contributed by atoms with Gasteiger partial charge in [0.25, 0.3) is 0 Å². The highest BCUT2D eigenvalue weighted by Crippen LogP contribution is 2.42. The molecule has 0 spiro atoms. The minimum atomic E-state index is -0.223. The molecule has 0 amide bonds. The molecule has 1 fully saturated rings. The average Bonchev–Trinajstić information content (AvgIpc) is 3.08. The fourth-order valence-corrected chi connectivity index (χ4v) is 3.04. The molecule has 1 aromatic heterocycles. The van der Waals surface area contributed by atoms with E-state index in [9.17, 15) is 0 Å². The molecule has 1 aliphatic carbocycles. The summed E-state index contributed by atoms with van der Waals surface area (Å²) in [6.07, 6.45) is 6.20. The Hall–Kier alpha value is -0.950. The van der Waals surface area contributed by atoms with Crippen molar-refractivity contribution in [1.29, 1.82) is 0 Å². The lowest BCUT2D eigenvalue weighted by Gasteiger charge is -2.36. The second-order valence-electron chi connectivity index (χ2n) is 5.05. The highest BCUT2D eigenvalue weighted by Gasteiger charge is 2.43. The van der Waals surface area contributed by atoms with Crippen molar-refractivity contribution in [3.8, 4) is 0 Å². The first-order valence-electron chi connectivity index (χ1n) is 6.79. The summed E-state index contributed by atoms with van der Waals surface area (Å²) < 4.78 is 12.9. The van der Waals surface area contributed by atoms with Gasteiger partial charge in [0.2, 0.25) is 0 Å². The molecule has 1 aliphatic rings. The lowest BCUT2D eigenvalue weighted by Crippen LogP contribution is -2.47. The Kier molecular flexibility index (Phi) is 4.93. The minimum absolute atomic E-state index is 0.0423. The summed E-state index contributed by atoms with van der Waals surface area (Å²) in [5.41, 5.74) is 3.76. The largest absolute Gasteiger partial charge is 0.383 e. The third-order valence-corrected chi connectivity index (χ3v) is 4.10. The maximum Gasteiger partial charge on any atom is 0.0918 e. The molecule has 6 heteroatoms. The van der Waals surface area contributed by atoms with E-state index in [0.717, 1.165) is 25.1 Å². The van der Waals surface area contributed by atoms with Crippen LogP contribution in [0, 0.1) is 0 Å². The van der Waals surface area contributed by atoms with E-state index in [1.807, 2.05) is 10.7 Å². The number of hydrogen-bond acceptors (Lipinski definition) is 5. The Bertz CT molecular complexity index is 388. The van der Waals surface area contributed by atoms with Crippen LogP contribution in [0.3, 0.4) is 0 Å². The Morgan fingerprint density at radius 3 is 2.79 bits per heavy atom. The second kappa shape index (κ2) is 6.47. The van der Waals surface area contributed by atoms with Crippen molar-refractivity contribution in [2.24, 2.45) is 5.84 Å². The highest BCUT2D eigenvalue weighted by atomic mass is 16.5. The van der Waals surface area contributed by atoms with Gasteiger partial charge in [-0.1, -0.05) is 12.8 Å². The normalized spacial score (nSPS) is 19.7. The third kappa shape index (κ3) is 2.81. The van der Waals surface area contributed by atoms with E-state index in [-0.39, 0.29) is 11.6 Å². The van der Waals surface area contributed by atoms with Crippen LogP contribution in [0.2, 0.25) is 0 Å². The molecule has 6 nitrogen and oxygen atoms in total. The van der Waals surface area contributed by atoms with E-state index < -0.39 is 0 Å². The zero-order chi connectivity index (χ0) is 13.7. The highest BCUT2D eigenvalue weighted by molar-refractivity contribution is 5.14. The molecular formula is C13H24N4O2. The van der Waals surface area contributed by atoms with Crippen LogP contribution in [0.1, 0.15) is 37.4 Å². The Labute approximate surface area is 114 Å². The fourth-order valence-electron chi connectivity index (χ4n) is 3.04.